The lowest BCUT2D eigenvalue weighted by Crippen LogP contribution is -2.37. The van der Waals surface area contributed by atoms with Crippen molar-refractivity contribution < 1.29 is 14.6 Å². The van der Waals surface area contributed by atoms with E-state index in [4.69, 9.17) is 4.74 Å². The first kappa shape index (κ1) is 15.3. The molecule has 0 bridgehead atoms. The van der Waals surface area contributed by atoms with E-state index in [0.29, 0.717) is 6.61 Å². The third kappa shape index (κ3) is 3.15. The average molecular weight is 342 g/mol. The van der Waals surface area contributed by atoms with E-state index in [9.17, 15) is 9.90 Å². The van der Waals surface area contributed by atoms with Gasteiger partial charge in [0.1, 0.15) is 11.8 Å². The van der Waals surface area contributed by atoms with Gasteiger partial charge in [0.2, 0.25) is 0 Å². The van der Waals surface area contributed by atoms with Crippen molar-refractivity contribution in [2.24, 2.45) is 0 Å². The molecule has 1 N–H and O–H groups in total. The standard InChI is InChI=1S/C15H20BrNO3/c1-3-20-14-7-6-11(16)9-12(14)10(2)17-8-4-5-13(17)15(18)19/h6-7,9-10,13H,3-5,8H2,1-2H3,(H,18,19). The van der Waals surface area contributed by atoms with Crippen molar-refractivity contribution in [3.8, 4) is 5.75 Å². The molecule has 0 amide bonds. The minimum absolute atomic E-state index is 0.0256. The summed E-state index contributed by atoms with van der Waals surface area (Å²) >= 11 is 3.48. The minimum Gasteiger partial charge on any atom is -0.494 e. The van der Waals surface area contributed by atoms with Gasteiger partial charge in [-0.1, -0.05) is 15.9 Å². The number of rotatable bonds is 5. The number of carboxylic acids is 1. The van der Waals surface area contributed by atoms with Crippen molar-refractivity contribution in [3.63, 3.8) is 0 Å². The Labute approximate surface area is 127 Å². The molecular formula is C15H20BrNO3. The number of nitrogens with zero attached hydrogens (tertiary/aromatic N) is 1. The minimum atomic E-state index is -0.734. The Kier molecular flexibility index (Phi) is 5.05. The first-order valence-corrected chi connectivity index (χ1v) is 7.74. The van der Waals surface area contributed by atoms with Crippen LogP contribution in [0.3, 0.4) is 0 Å². The predicted octanol–water partition coefficient (Wildman–Crippen LogP) is 3.46. The van der Waals surface area contributed by atoms with Gasteiger partial charge in [0.25, 0.3) is 0 Å². The fourth-order valence-corrected chi connectivity index (χ4v) is 3.21. The van der Waals surface area contributed by atoms with Crippen LogP contribution in [0, 0.1) is 0 Å². The smallest absolute Gasteiger partial charge is 0.320 e. The molecule has 1 saturated heterocycles. The summed E-state index contributed by atoms with van der Waals surface area (Å²) in [6.07, 6.45) is 1.65. The monoisotopic (exact) mass is 341 g/mol. The lowest BCUT2D eigenvalue weighted by atomic mass is 10.0. The summed E-state index contributed by atoms with van der Waals surface area (Å²) < 4.78 is 6.65. The first-order valence-electron chi connectivity index (χ1n) is 6.95. The number of carboxylic acid groups (broad SMARTS) is 1. The van der Waals surface area contributed by atoms with Crippen LogP contribution >= 0.6 is 15.9 Å². The van der Waals surface area contributed by atoms with Crippen molar-refractivity contribution in [2.45, 2.75) is 38.8 Å². The van der Waals surface area contributed by atoms with E-state index in [2.05, 4.69) is 15.9 Å². The number of halogens is 1. The van der Waals surface area contributed by atoms with Gasteiger partial charge in [0.15, 0.2) is 0 Å². The second-order valence-electron chi connectivity index (χ2n) is 5.03. The van der Waals surface area contributed by atoms with E-state index < -0.39 is 12.0 Å². The zero-order valence-corrected chi connectivity index (χ0v) is 13.4. The summed E-state index contributed by atoms with van der Waals surface area (Å²) in [5, 5.41) is 9.32. The van der Waals surface area contributed by atoms with Gasteiger partial charge in [-0.3, -0.25) is 9.69 Å². The second kappa shape index (κ2) is 6.59. The molecular weight excluding hydrogens is 322 g/mol. The lowest BCUT2D eigenvalue weighted by Gasteiger charge is -2.29. The molecule has 1 aromatic carbocycles. The molecule has 0 radical (unpaired) electrons. The normalized spacial score (nSPS) is 20.9. The zero-order valence-electron chi connectivity index (χ0n) is 11.8. The number of ether oxygens (including phenoxy) is 1. The number of hydrogen-bond donors (Lipinski definition) is 1. The molecule has 0 saturated carbocycles. The highest BCUT2D eigenvalue weighted by atomic mass is 79.9. The molecule has 20 heavy (non-hydrogen) atoms. The van der Waals surface area contributed by atoms with Crippen LogP contribution in [0.2, 0.25) is 0 Å². The largest absolute Gasteiger partial charge is 0.494 e. The van der Waals surface area contributed by atoms with E-state index in [1.54, 1.807) is 0 Å². The Bertz CT molecular complexity index is 492. The van der Waals surface area contributed by atoms with Gasteiger partial charge in [0.05, 0.1) is 6.61 Å². The molecule has 1 aliphatic rings. The van der Waals surface area contributed by atoms with Crippen LogP contribution in [0.4, 0.5) is 0 Å². The molecule has 1 aliphatic heterocycles. The SMILES string of the molecule is CCOc1ccc(Br)cc1C(C)N1CCCC1C(=O)O. The van der Waals surface area contributed by atoms with Gasteiger partial charge < -0.3 is 9.84 Å². The van der Waals surface area contributed by atoms with E-state index in [1.807, 2.05) is 36.9 Å². The van der Waals surface area contributed by atoms with E-state index in [-0.39, 0.29) is 6.04 Å². The molecule has 0 spiro atoms. The Morgan fingerprint density at radius 2 is 2.35 bits per heavy atom. The highest BCUT2D eigenvalue weighted by molar-refractivity contribution is 9.10. The molecule has 1 fully saturated rings. The number of carbonyl (C=O) groups is 1. The van der Waals surface area contributed by atoms with E-state index in [1.165, 1.54) is 0 Å². The summed E-state index contributed by atoms with van der Waals surface area (Å²) in [4.78, 5) is 13.4. The molecule has 1 heterocycles. The van der Waals surface area contributed by atoms with Crippen molar-refractivity contribution >= 4 is 21.9 Å². The molecule has 2 atom stereocenters. The summed E-state index contributed by atoms with van der Waals surface area (Å²) in [7, 11) is 0. The highest BCUT2D eigenvalue weighted by Crippen LogP contribution is 2.35. The third-order valence-corrected chi connectivity index (χ3v) is 4.29. The van der Waals surface area contributed by atoms with Gasteiger partial charge in [-0.25, -0.2) is 0 Å². The Balaban J connectivity index is 2.29. The van der Waals surface area contributed by atoms with Crippen LogP contribution in [0.1, 0.15) is 38.3 Å². The molecule has 5 heteroatoms. The highest BCUT2D eigenvalue weighted by Gasteiger charge is 2.35. The van der Waals surface area contributed by atoms with Gasteiger partial charge in [-0.05, 0) is 51.4 Å². The summed E-state index contributed by atoms with van der Waals surface area (Å²) in [5.74, 6) is 0.0987. The third-order valence-electron chi connectivity index (χ3n) is 3.80. The molecule has 0 aromatic heterocycles. The predicted molar refractivity (Wildman–Crippen MR) is 81.1 cm³/mol. The van der Waals surface area contributed by atoms with Crippen LogP contribution in [-0.2, 0) is 4.79 Å². The Hall–Kier alpha value is -1.07. The maximum absolute atomic E-state index is 11.3. The van der Waals surface area contributed by atoms with Crippen LogP contribution < -0.4 is 4.74 Å². The fraction of sp³-hybridized carbons (Fsp3) is 0.533. The summed E-state index contributed by atoms with van der Waals surface area (Å²) in [6, 6.07) is 5.54. The fourth-order valence-electron chi connectivity index (χ4n) is 2.83. The molecule has 1 aromatic rings. The van der Waals surface area contributed by atoms with Gasteiger partial charge in [-0.2, -0.15) is 0 Å². The lowest BCUT2D eigenvalue weighted by molar-refractivity contribution is -0.142. The second-order valence-corrected chi connectivity index (χ2v) is 5.94. The molecule has 4 nitrogen and oxygen atoms in total. The van der Waals surface area contributed by atoms with Crippen molar-refractivity contribution in [3.05, 3.63) is 28.2 Å². The molecule has 110 valence electrons. The summed E-state index contributed by atoms with van der Waals surface area (Å²) in [6.45, 7) is 5.41. The number of hydrogen-bond acceptors (Lipinski definition) is 3. The molecule has 0 aliphatic carbocycles. The van der Waals surface area contributed by atoms with Crippen molar-refractivity contribution in [1.29, 1.82) is 0 Å². The van der Waals surface area contributed by atoms with E-state index in [0.717, 1.165) is 35.2 Å². The molecule has 2 rings (SSSR count). The maximum atomic E-state index is 11.3. The number of likely N-dealkylation sites (tertiary alicyclic amines) is 1. The van der Waals surface area contributed by atoms with Gasteiger partial charge in [0, 0.05) is 16.1 Å². The zero-order chi connectivity index (χ0) is 14.7. The van der Waals surface area contributed by atoms with Gasteiger partial charge >= 0.3 is 5.97 Å². The van der Waals surface area contributed by atoms with Crippen LogP contribution in [-0.4, -0.2) is 35.2 Å². The van der Waals surface area contributed by atoms with Crippen molar-refractivity contribution in [2.75, 3.05) is 13.2 Å². The van der Waals surface area contributed by atoms with Gasteiger partial charge in [-0.15, -0.1) is 0 Å². The Morgan fingerprint density at radius 1 is 1.60 bits per heavy atom. The number of aliphatic carboxylic acids is 1. The van der Waals surface area contributed by atoms with Crippen LogP contribution in [0.25, 0.3) is 0 Å². The molecule has 2 unspecified atom stereocenters. The number of benzene rings is 1. The maximum Gasteiger partial charge on any atom is 0.320 e. The van der Waals surface area contributed by atoms with Crippen LogP contribution in [0.15, 0.2) is 22.7 Å². The summed E-state index contributed by atoms with van der Waals surface area (Å²) in [5.41, 5.74) is 1.04. The van der Waals surface area contributed by atoms with E-state index >= 15 is 0 Å². The Morgan fingerprint density at radius 3 is 3.00 bits per heavy atom. The van der Waals surface area contributed by atoms with Crippen molar-refractivity contribution in [1.82, 2.24) is 4.90 Å². The van der Waals surface area contributed by atoms with Crippen LogP contribution in [0.5, 0.6) is 5.75 Å². The first-order chi connectivity index (χ1) is 9.54. The quantitative estimate of drug-likeness (QED) is 0.890. The topological polar surface area (TPSA) is 49.8 Å². The average Bonchev–Trinajstić information content (AvgIpc) is 2.89.